The number of carbonyl (C=O) groups is 1. The molecule has 1 heterocycles. The summed E-state index contributed by atoms with van der Waals surface area (Å²) in [5, 5.41) is 6.28. The molecular weight excluding hydrogens is 240 g/mol. The third kappa shape index (κ3) is 3.19. The normalized spacial score (nSPS) is 17.7. The van der Waals surface area contributed by atoms with E-state index in [1.54, 1.807) is 6.92 Å². The van der Waals surface area contributed by atoms with E-state index in [9.17, 15) is 4.79 Å². The minimum Gasteiger partial charge on any atom is -0.479 e. The summed E-state index contributed by atoms with van der Waals surface area (Å²) in [6.45, 7) is 7.12. The van der Waals surface area contributed by atoms with Crippen LogP contribution in [0.5, 0.6) is 5.75 Å². The lowest BCUT2D eigenvalue weighted by Gasteiger charge is -2.24. The summed E-state index contributed by atoms with van der Waals surface area (Å²) < 4.78 is 5.53. The lowest BCUT2D eigenvalue weighted by Crippen LogP contribution is -2.34. The Morgan fingerprint density at radius 1 is 1.37 bits per heavy atom. The summed E-state index contributed by atoms with van der Waals surface area (Å²) in [6.07, 6.45) is 1.92. The number of amides is 1. The number of benzene rings is 1. The van der Waals surface area contributed by atoms with Crippen molar-refractivity contribution < 1.29 is 9.53 Å². The van der Waals surface area contributed by atoms with Crippen LogP contribution in [0.25, 0.3) is 0 Å². The molecule has 2 N–H and O–H groups in total. The Balaban J connectivity index is 2.05. The Morgan fingerprint density at radius 3 is 2.79 bits per heavy atom. The van der Waals surface area contributed by atoms with Gasteiger partial charge in [-0.2, -0.15) is 0 Å². The Morgan fingerprint density at radius 2 is 2.11 bits per heavy atom. The number of hydrogen-bond acceptors (Lipinski definition) is 3. The standard InChI is InChI=1S/C15H22N2O2/c1-4-11(5-2)9-16-12-6-7-14-13(8-12)17-15(18)10(3)19-14/h6-8,10-11,16H,4-5,9H2,1-3H3,(H,17,18). The predicted molar refractivity (Wildman–Crippen MR) is 77.7 cm³/mol. The molecule has 1 aliphatic rings. The lowest BCUT2D eigenvalue weighted by atomic mass is 10.0. The van der Waals surface area contributed by atoms with Crippen LogP contribution >= 0.6 is 0 Å². The Labute approximate surface area is 114 Å². The van der Waals surface area contributed by atoms with Crippen LogP contribution in [0.15, 0.2) is 18.2 Å². The van der Waals surface area contributed by atoms with E-state index < -0.39 is 6.10 Å². The molecule has 1 atom stereocenters. The van der Waals surface area contributed by atoms with Crippen molar-refractivity contribution in [1.29, 1.82) is 0 Å². The first kappa shape index (κ1) is 13.7. The number of rotatable bonds is 5. The molecule has 0 saturated heterocycles. The van der Waals surface area contributed by atoms with Crippen molar-refractivity contribution in [3.63, 3.8) is 0 Å². The van der Waals surface area contributed by atoms with Crippen molar-refractivity contribution in [2.75, 3.05) is 17.2 Å². The number of anilines is 2. The average Bonchev–Trinajstić information content (AvgIpc) is 2.41. The third-order valence-corrected chi connectivity index (χ3v) is 3.66. The van der Waals surface area contributed by atoms with Crippen molar-refractivity contribution in [3.05, 3.63) is 18.2 Å². The smallest absolute Gasteiger partial charge is 0.265 e. The molecule has 4 nitrogen and oxygen atoms in total. The number of fused-ring (bicyclic) bond motifs is 1. The number of nitrogens with one attached hydrogen (secondary N) is 2. The maximum Gasteiger partial charge on any atom is 0.265 e. The highest BCUT2D eigenvalue weighted by Gasteiger charge is 2.23. The molecule has 1 unspecified atom stereocenters. The van der Waals surface area contributed by atoms with E-state index in [2.05, 4.69) is 24.5 Å². The highest BCUT2D eigenvalue weighted by molar-refractivity contribution is 5.98. The fourth-order valence-corrected chi connectivity index (χ4v) is 2.16. The van der Waals surface area contributed by atoms with E-state index in [0.29, 0.717) is 5.92 Å². The van der Waals surface area contributed by atoms with Crippen LogP contribution < -0.4 is 15.4 Å². The number of carbonyl (C=O) groups excluding carboxylic acids is 1. The first-order chi connectivity index (χ1) is 9.13. The van der Waals surface area contributed by atoms with Crippen LogP contribution in [0.3, 0.4) is 0 Å². The van der Waals surface area contributed by atoms with Gasteiger partial charge in [0.1, 0.15) is 5.75 Å². The Kier molecular flexibility index (Phi) is 4.30. The molecule has 0 spiro atoms. The molecule has 2 rings (SSSR count). The van der Waals surface area contributed by atoms with Crippen molar-refractivity contribution >= 4 is 17.3 Å². The highest BCUT2D eigenvalue weighted by Crippen LogP contribution is 2.32. The van der Waals surface area contributed by atoms with Gasteiger partial charge in [0.05, 0.1) is 5.69 Å². The fourth-order valence-electron chi connectivity index (χ4n) is 2.16. The Hall–Kier alpha value is -1.71. The van der Waals surface area contributed by atoms with Crippen LogP contribution in [-0.4, -0.2) is 18.6 Å². The second-order valence-corrected chi connectivity index (χ2v) is 5.02. The van der Waals surface area contributed by atoms with E-state index in [1.807, 2.05) is 18.2 Å². The van der Waals surface area contributed by atoms with Gasteiger partial charge in [-0.3, -0.25) is 4.79 Å². The van der Waals surface area contributed by atoms with Gasteiger partial charge in [-0.1, -0.05) is 26.7 Å². The first-order valence-corrected chi connectivity index (χ1v) is 6.99. The van der Waals surface area contributed by atoms with Gasteiger partial charge in [0.2, 0.25) is 0 Å². The Bertz CT molecular complexity index is 455. The van der Waals surface area contributed by atoms with Gasteiger partial charge in [0.15, 0.2) is 6.10 Å². The van der Waals surface area contributed by atoms with Crippen molar-refractivity contribution in [2.24, 2.45) is 5.92 Å². The zero-order chi connectivity index (χ0) is 13.8. The van der Waals surface area contributed by atoms with Gasteiger partial charge >= 0.3 is 0 Å². The van der Waals surface area contributed by atoms with E-state index in [1.165, 1.54) is 12.8 Å². The van der Waals surface area contributed by atoms with Crippen molar-refractivity contribution in [3.8, 4) is 5.75 Å². The highest BCUT2D eigenvalue weighted by atomic mass is 16.5. The first-order valence-electron chi connectivity index (χ1n) is 6.99. The molecule has 1 aromatic rings. The predicted octanol–water partition coefficient (Wildman–Crippen LogP) is 3.25. The van der Waals surface area contributed by atoms with Crippen molar-refractivity contribution in [1.82, 2.24) is 0 Å². The molecule has 0 aromatic heterocycles. The maximum absolute atomic E-state index is 11.6. The van der Waals surface area contributed by atoms with Crippen LogP contribution in [0.2, 0.25) is 0 Å². The van der Waals surface area contributed by atoms with E-state index >= 15 is 0 Å². The second-order valence-electron chi connectivity index (χ2n) is 5.02. The zero-order valence-electron chi connectivity index (χ0n) is 11.8. The molecule has 0 saturated carbocycles. The van der Waals surface area contributed by atoms with E-state index in [0.717, 1.165) is 23.7 Å². The summed E-state index contributed by atoms with van der Waals surface area (Å²) in [5.41, 5.74) is 1.77. The topological polar surface area (TPSA) is 50.4 Å². The van der Waals surface area contributed by atoms with E-state index in [4.69, 9.17) is 4.74 Å². The number of ether oxygens (including phenoxy) is 1. The molecule has 4 heteroatoms. The monoisotopic (exact) mass is 262 g/mol. The molecule has 0 radical (unpaired) electrons. The zero-order valence-corrected chi connectivity index (χ0v) is 11.8. The molecule has 19 heavy (non-hydrogen) atoms. The minimum absolute atomic E-state index is 0.0929. The molecular formula is C15H22N2O2. The van der Waals surface area contributed by atoms with Crippen LogP contribution in [-0.2, 0) is 4.79 Å². The quantitative estimate of drug-likeness (QED) is 0.856. The second kappa shape index (κ2) is 5.95. The van der Waals surface area contributed by atoms with Gasteiger partial charge in [0, 0.05) is 12.2 Å². The SMILES string of the molecule is CCC(CC)CNc1ccc2c(c1)NC(=O)C(C)O2. The van der Waals surface area contributed by atoms with Gasteiger partial charge < -0.3 is 15.4 Å². The largest absolute Gasteiger partial charge is 0.479 e. The maximum atomic E-state index is 11.6. The molecule has 0 bridgehead atoms. The molecule has 104 valence electrons. The lowest BCUT2D eigenvalue weighted by molar-refractivity contribution is -0.122. The summed E-state index contributed by atoms with van der Waals surface area (Å²) in [5.74, 6) is 1.33. The summed E-state index contributed by atoms with van der Waals surface area (Å²) in [6, 6.07) is 5.83. The van der Waals surface area contributed by atoms with Crippen LogP contribution in [0.1, 0.15) is 33.6 Å². The molecule has 0 fully saturated rings. The molecule has 1 aromatic carbocycles. The van der Waals surface area contributed by atoms with E-state index in [-0.39, 0.29) is 5.91 Å². The van der Waals surface area contributed by atoms with Crippen LogP contribution in [0.4, 0.5) is 11.4 Å². The number of hydrogen-bond donors (Lipinski definition) is 2. The minimum atomic E-state index is -0.420. The fraction of sp³-hybridized carbons (Fsp3) is 0.533. The third-order valence-electron chi connectivity index (χ3n) is 3.66. The van der Waals surface area contributed by atoms with Crippen molar-refractivity contribution in [2.45, 2.75) is 39.7 Å². The van der Waals surface area contributed by atoms with Gasteiger partial charge in [-0.25, -0.2) is 0 Å². The van der Waals surface area contributed by atoms with Gasteiger partial charge in [-0.15, -0.1) is 0 Å². The summed E-state index contributed by atoms with van der Waals surface area (Å²) in [4.78, 5) is 11.6. The molecule has 0 aliphatic carbocycles. The van der Waals surface area contributed by atoms with Gasteiger partial charge in [0.25, 0.3) is 5.91 Å². The molecule has 1 amide bonds. The van der Waals surface area contributed by atoms with Crippen LogP contribution in [0, 0.1) is 5.92 Å². The average molecular weight is 262 g/mol. The van der Waals surface area contributed by atoms with Gasteiger partial charge in [-0.05, 0) is 31.0 Å². The summed E-state index contributed by atoms with van der Waals surface area (Å²) >= 11 is 0. The molecule has 1 aliphatic heterocycles. The summed E-state index contributed by atoms with van der Waals surface area (Å²) in [7, 11) is 0.